The number of nitrogens with zero attached hydrogens (tertiary/aromatic N) is 23. The van der Waals surface area contributed by atoms with Crippen molar-refractivity contribution in [3.05, 3.63) is 158 Å². The lowest BCUT2D eigenvalue weighted by atomic mass is 10.3. The van der Waals surface area contributed by atoms with Crippen LogP contribution in [0.5, 0.6) is 0 Å². The highest BCUT2D eigenvalue weighted by atomic mass is 15.3. The average Bonchev–Trinajstić information content (AvgIpc) is 4.30. The summed E-state index contributed by atoms with van der Waals surface area (Å²) in [5, 5.41) is 4.24. The molecule has 0 saturated heterocycles. The molecule has 0 aliphatic heterocycles. The minimum Gasteiger partial charge on any atom is -0.331 e. The van der Waals surface area contributed by atoms with Crippen LogP contribution < -0.4 is 0 Å². The van der Waals surface area contributed by atoms with E-state index in [9.17, 15) is 0 Å². The zero-order chi connectivity index (χ0) is 54.9. The molecular weight excluding hydrogens is 971 g/mol. The third-order valence-electron chi connectivity index (χ3n) is 12.9. The molecule has 0 bridgehead atoms. The Morgan fingerprint density at radius 2 is 0.805 bits per heavy atom. The third kappa shape index (κ3) is 11.9. The number of hydrogen-bond donors (Lipinski definition) is 0. The summed E-state index contributed by atoms with van der Waals surface area (Å²) in [5.74, 6) is 5.96. The van der Waals surface area contributed by atoms with Gasteiger partial charge < -0.3 is 27.4 Å². The van der Waals surface area contributed by atoms with Crippen molar-refractivity contribution in [1.29, 1.82) is 0 Å². The van der Waals surface area contributed by atoms with Gasteiger partial charge in [-0.05, 0) is 97.0 Å². The molecule has 14 aromatic rings. The fourth-order valence-corrected chi connectivity index (χ4v) is 7.96. The molecule has 14 heterocycles. The molecule has 14 rings (SSSR count). The van der Waals surface area contributed by atoms with E-state index in [2.05, 4.69) is 84.4 Å². The van der Waals surface area contributed by atoms with Crippen LogP contribution in [0.2, 0.25) is 0 Å². The first-order valence-electron chi connectivity index (χ1n) is 24.4. The van der Waals surface area contributed by atoms with Gasteiger partial charge in [-0.2, -0.15) is 5.10 Å². The van der Waals surface area contributed by atoms with E-state index >= 15 is 0 Å². The van der Waals surface area contributed by atoms with E-state index in [4.69, 9.17) is 0 Å². The number of hydrogen-bond acceptors (Lipinski definition) is 16. The molecule has 0 radical (unpaired) electrons. The first-order valence-corrected chi connectivity index (χ1v) is 24.4. The maximum Gasteiger partial charge on any atom is 0.180 e. The molecule has 0 aliphatic carbocycles. The van der Waals surface area contributed by atoms with E-state index in [1.165, 1.54) is 12.7 Å². The molecule has 0 aliphatic rings. The van der Waals surface area contributed by atoms with Gasteiger partial charge in [-0.15, -0.1) is 0 Å². The second kappa shape index (κ2) is 23.6. The van der Waals surface area contributed by atoms with Crippen LogP contribution in [-0.4, -0.2) is 112 Å². The molecule has 23 heteroatoms. The van der Waals surface area contributed by atoms with Gasteiger partial charge in [0.15, 0.2) is 22.6 Å². The molecule has 0 atom stereocenters. The molecule has 23 nitrogen and oxygen atoms in total. The van der Waals surface area contributed by atoms with Gasteiger partial charge in [-0.1, -0.05) is 0 Å². The molecule has 392 valence electrons. The zero-order valence-corrected chi connectivity index (χ0v) is 45.8. The Labute approximate surface area is 443 Å². The van der Waals surface area contributed by atoms with Crippen molar-refractivity contribution >= 4 is 77.8 Å². The highest BCUT2D eigenvalue weighted by Crippen LogP contribution is 2.16. The first-order chi connectivity index (χ1) is 37.0. The van der Waals surface area contributed by atoms with Gasteiger partial charge in [0.2, 0.25) is 0 Å². The van der Waals surface area contributed by atoms with Crippen molar-refractivity contribution in [2.75, 3.05) is 0 Å². The normalized spacial score (nSPS) is 10.7. The molecule has 0 saturated carbocycles. The van der Waals surface area contributed by atoms with Crippen LogP contribution in [0, 0.1) is 48.5 Å². The Kier molecular flexibility index (Phi) is 16.4. The van der Waals surface area contributed by atoms with Crippen LogP contribution in [0.1, 0.15) is 40.6 Å². The monoisotopic (exact) mass is 1030 g/mol. The molecule has 77 heavy (non-hydrogen) atoms. The van der Waals surface area contributed by atoms with Crippen molar-refractivity contribution < 1.29 is 0 Å². The molecule has 0 unspecified atom stereocenters. The number of imidazole rings is 6. The lowest BCUT2D eigenvalue weighted by molar-refractivity contribution is 0.783. The Bertz CT molecular complexity index is 3600. The van der Waals surface area contributed by atoms with Crippen LogP contribution in [0.3, 0.4) is 0 Å². The summed E-state index contributed by atoms with van der Waals surface area (Å²) in [5.41, 5.74) is 14.6. The Morgan fingerprint density at radius 1 is 0.325 bits per heavy atom. The number of aromatic nitrogens is 23. The van der Waals surface area contributed by atoms with Gasteiger partial charge in [-0.25, -0.2) is 59.8 Å². The van der Waals surface area contributed by atoms with Gasteiger partial charge in [0.25, 0.3) is 0 Å². The third-order valence-corrected chi connectivity index (χ3v) is 12.9. The second-order valence-electron chi connectivity index (χ2n) is 17.8. The Morgan fingerprint density at radius 3 is 1.45 bits per heavy atom. The summed E-state index contributed by atoms with van der Waals surface area (Å²) < 4.78 is 13.8. The van der Waals surface area contributed by atoms with Crippen LogP contribution in [0.15, 0.2) is 117 Å². The van der Waals surface area contributed by atoms with E-state index in [1.807, 2.05) is 180 Å². The number of aryl methyl sites for hydroxylation is 14. The molecule has 0 N–H and O–H groups in total. The van der Waals surface area contributed by atoms with E-state index in [1.54, 1.807) is 49.6 Å². The largest absolute Gasteiger partial charge is 0.331 e. The van der Waals surface area contributed by atoms with Gasteiger partial charge in [0.1, 0.15) is 75.2 Å². The smallest absolute Gasteiger partial charge is 0.180 e. The minimum absolute atomic E-state index is 0.764. The van der Waals surface area contributed by atoms with Gasteiger partial charge >= 0.3 is 0 Å². The maximum absolute atomic E-state index is 4.34. The standard InChI is InChI=1S/5C8H9N3.2C7H8N4/c1-6-10-7-5-9-4-3-8(7)11(6)2;1-6-10-7-3-4-9-5-8(7)11(6)2;1-6-10-8-7(11(6)2)4-3-5-9-8;1-6-10-7-4-3-5-9-8(7)11(6)2;1-6-8-7(11(2)10-6)4-3-5-9-8;1-5-10-7-6(11(5)2)3-8-4-9-7;1-5-10-6-3-8-4-9-7(6)11(5)2/h5*3-5H,1-2H3;2*3-4H,1-2H3. The van der Waals surface area contributed by atoms with Crippen molar-refractivity contribution in [2.45, 2.75) is 48.5 Å². The van der Waals surface area contributed by atoms with E-state index < -0.39 is 0 Å². The topological polar surface area (TPSA) is 241 Å². The second-order valence-corrected chi connectivity index (χ2v) is 17.8. The van der Waals surface area contributed by atoms with Crippen LogP contribution in [0.25, 0.3) is 77.8 Å². The molecule has 0 amide bonds. The maximum atomic E-state index is 4.34. The molecule has 0 spiro atoms. The lowest BCUT2D eigenvalue weighted by Gasteiger charge is -1.93. The Balaban J connectivity index is 0.000000119. The van der Waals surface area contributed by atoms with Crippen LogP contribution >= 0.6 is 0 Å². The average molecular weight is 1030 g/mol. The van der Waals surface area contributed by atoms with E-state index in [0.29, 0.717) is 0 Å². The van der Waals surface area contributed by atoms with E-state index in [0.717, 1.165) is 118 Å². The summed E-state index contributed by atoms with van der Waals surface area (Å²) in [6, 6.07) is 15.6. The van der Waals surface area contributed by atoms with Crippen molar-refractivity contribution in [2.24, 2.45) is 49.3 Å². The number of pyridine rings is 5. The summed E-state index contributed by atoms with van der Waals surface area (Å²) in [4.78, 5) is 62.2. The van der Waals surface area contributed by atoms with Gasteiger partial charge in [0, 0.05) is 80.3 Å². The molecule has 0 fully saturated rings. The van der Waals surface area contributed by atoms with Crippen molar-refractivity contribution in [3.63, 3.8) is 0 Å². The molecular formula is C54H61N23. The van der Waals surface area contributed by atoms with Gasteiger partial charge in [0.05, 0.1) is 58.1 Å². The fourth-order valence-electron chi connectivity index (χ4n) is 7.96. The van der Waals surface area contributed by atoms with Crippen molar-refractivity contribution in [1.82, 2.24) is 112 Å². The highest BCUT2D eigenvalue weighted by molar-refractivity contribution is 5.77. The SMILES string of the molecule is Cc1nc2cccnc2n1C.Cc1nc2ccncc2n1C.Cc1nc2cnccc2n1C.Cc1nc2cncnc2n1C.Cc1nc2ncccc2n1C.Cc1nc2ncncc2n1C.Cc1nn(C)c2cccnc12. The zero-order valence-electron chi connectivity index (χ0n) is 45.8. The first kappa shape index (κ1) is 53.5. The van der Waals surface area contributed by atoms with Gasteiger partial charge in [-0.3, -0.25) is 19.6 Å². The molecule has 0 aromatic carbocycles. The van der Waals surface area contributed by atoms with Crippen LogP contribution in [-0.2, 0) is 49.3 Å². The predicted molar refractivity (Wildman–Crippen MR) is 298 cm³/mol. The van der Waals surface area contributed by atoms with Crippen molar-refractivity contribution in [3.8, 4) is 0 Å². The predicted octanol–water partition coefficient (Wildman–Crippen LogP) is 7.73. The quantitative estimate of drug-likeness (QED) is 0.141. The highest BCUT2D eigenvalue weighted by Gasteiger charge is 2.07. The summed E-state index contributed by atoms with van der Waals surface area (Å²) in [7, 11) is 13.8. The van der Waals surface area contributed by atoms with E-state index in [-0.39, 0.29) is 0 Å². The summed E-state index contributed by atoms with van der Waals surface area (Å²) >= 11 is 0. The summed E-state index contributed by atoms with van der Waals surface area (Å²) in [6.45, 7) is 13.8. The fraction of sp³-hybridized carbons (Fsp3) is 0.259. The van der Waals surface area contributed by atoms with Crippen LogP contribution in [0.4, 0.5) is 0 Å². The Hall–Kier alpha value is -9.80. The number of fused-ring (bicyclic) bond motifs is 7. The summed E-state index contributed by atoms with van der Waals surface area (Å²) in [6.07, 6.45) is 19.0. The number of rotatable bonds is 0. The lowest BCUT2D eigenvalue weighted by Crippen LogP contribution is -1.91. The minimum atomic E-state index is 0.764. The molecule has 14 aromatic heterocycles.